The van der Waals surface area contributed by atoms with E-state index in [4.69, 9.17) is 10.00 Å². The van der Waals surface area contributed by atoms with Crippen molar-refractivity contribution < 1.29 is 26.3 Å². The standard InChI is InChI=1S/C19H19F3N2O3S/c1-24(18-9-4-14(13-23)12-17(18)19(20,21)22)10-3-11-27-15-5-7-16(8-6-15)28(2,25)26/h4-9,12H,3,10-11H2,1-2H3. The van der Waals surface area contributed by atoms with Gasteiger partial charge in [0.05, 0.1) is 28.7 Å². The van der Waals surface area contributed by atoms with Gasteiger partial charge in [0.15, 0.2) is 9.84 Å². The van der Waals surface area contributed by atoms with E-state index < -0.39 is 21.6 Å². The van der Waals surface area contributed by atoms with E-state index in [-0.39, 0.29) is 22.8 Å². The predicted octanol–water partition coefficient (Wildman–Crippen LogP) is 3.89. The van der Waals surface area contributed by atoms with Gasteiger partial charge in [0.2, 0.25) is 0 Å². The highest BCUT2D eigenvalue weighted by Crippen LogP contribution is 2.36. The SMILES string of the molecule is CN(CCCOc1ccc(S(C)(=O)=O)cc1)c1ccc(C#N)cc1C(F)(F)F. The summed E-state index contributed by atoms with van der Waals surface area (Å²) in [4.78, 5) is 1.64. The molecule has 0 aliphatic carbocycles. The fraction of sp³-hybridized carbons (Fsp3) is 0.316. The number of nitriles is 1. The summed E-state index contributed by atoms with van der Waals surface area (Å²) in [6.45, 7) is 0.552. The monoisotopic (exact) mass is 412 g/mol. The molecule has 28 heavy (non-hydrogen) atoms. The first-order valence-corrected chi connectivity index (χ1v) is 10.2. The van der Waals surface area contributed by atoms with Gasteiger partial charge in [0, 0.05) is 25.5 Å². The largest absolute Gasteiger partial charge is 0.494 e. The third kappa shape index (κ3) is 5.63. The van der Waals surface area contributed by atoms with Crippen LogP contribution in [0.15, 0.2) is 47.4 Å². The number of hydrogen-bond acceptors (Lipinski definition) is 5. The van der Waals surface area contributed by atoms with Crippen LogP contribution < -0.4 is 9.64 Å². The van der Waals surface area contributed by atoms with Crippen LogP contribution in [0.4, 0.5) is 18.9 Å². The van der Waals surface area contributed by atoms with E-state index >= 15 is 0 Å². The van der Waals surface area contributed by atoms with Gasteiger partial charge in [-0.2, -0.15) is 18.4 Å². The van der Waals surface area contributed by atoms with Crippen molar-refractivity contribution in [3.8, 4) is 11.8 Å². The summed E-state index contributed by atoms with van der Waals surface area (Å²) in [5.74, 6) is 0.476. The molecule has 0 N–H and O–H groups in total. The second-order valence-corrected chi connectivity index (χ2v) is 8.22. The molecule has 0 bridgehead atoms. The summed E-state index contributed by atoms with van der Waals surface area (Å²) in [6, 6.07) is 11.1. The molecular weight excluding hydrogens is 393 g/mol. The summed E-state index contributed by atoms with van der Waals surface area (Å²) in [6.07, 6.45) is -3.01. The number of halogens is 3. The van der Waals surface area contributed by atoms with Crippen molar-refractivity contribution in [2.24, 2.45) is 0 Å². The Morgan fingerprint density at radius 2 is 1.79 bits per heavy atom. The number of nitrogens with zero attached hydrogens (tertiary/aromatic N) is 2. The molecule has 0 spiro atoms. The minimum absolute atomic E-state index is 0.0102. The molecule has 0 aliphatic heterocycles. The minimum atomic E-state index is -4.56. The molecule has 0 saturated heterocycles. The highest BCUT2D eigenvalue weighted by atomic mass is 32.2. The quantitative estimate of drug-likeness (QED) is 0.646. The number of rotatable bonds is 7. The normalized spacial score (nSPS) is 11.7. The number of ether oxygens (including phenoxy) is 1. The van der Waals surface area contributed by atoms with E-state index in [2.05, 4.69) is 0 Å². The van der Waals surface area contributed by atoms with Crippen LogP contribution in [0.25, 0.3) is 0 Å². The zero-order valence-corrected chi connectivity index (χ0v) is 16.1. The molecule has 0 amide bonds. The molecule has 0 fully saturated rings. The Morgan fingerprint density at radius 1 is 1.14 bits per heavy atom. The third-order valence-corrected chi connectivity index (χ3v) is 5.13. The average Bonchev–Trinajstić information content (AvgIpc) is 2.63. The Hall–Kier alpha value is -2.73. The Balaban J connectivity index is 1.96. The van der Waals surface area contributed by atoms with Crippen molar-refractivity contribution >= 4 is 15.5 Å². The lowest BCUT2D eigenvalue weighted by atomic mass is 10.1. The lowest BCUT2D eigenvalue weighted by molar-refractivity contribution is -0.137. The van der Waals surface area contributed by atoms with E-state index in [0.29, 0.717) is 18.7 Å². The van der Waals surface area contributed by atoms with Crippen molar-refractivity contribution in [1.82, 2.24) is 0 Å². The molecule has 0 atom stereocenters. The Kier molecular flexibility index (Phi) is 6.56. The fourth-order valence-electron chi connectivity index (χ4n) is 2.56. The van der Waals surface area contributed by atoms with Crippen molar-refractivity contribution in [2.45, 2.75) is 17.5 Å². The Bertz CT molecular complexity index is 965. The smallest absolute Gasteiger partial charge is 0.418 e. The predicted molar refractivity (Wildman–Crippen MR) is 99.1 cm³/mol. The summed E-state index contributed by atoms with van der Waals surface area (Å²) in [5.41, 5.74) is -0.916. The van der Waals surface area contributed by atoms with Gasteiger partial charge in [-0.15, -0.1) is 0 Å². The molecule has 150 valence electrons. The average molecular weight is 412 g/mol. The highest BCUT2D eigenvalue weighted by Gasteiger charge is 2.34. The number of sulfone groups is 1. The van der Waals surface area contributed by atoms with E-state index in [9.17, 15) is 21.6 Å². The number of alkyl halides is 3. The van der Waals surface area contributed by atoms with Crippen LogP contribution in [0.2, 0.25) is 0 Å². The maximum absolute atomic E-state index is 13.2. The van der Waals surface area contributed by atoms with Crippen molar-refractivity contribution in [2.75, 3.05) is 31.4 Å². The summed E-state index contributed by atoms with van der Waals surface area (Å²) in [5, 5.41) is 8.82. The van der Waals surface area contributed by atoms with Crippen molar-refractivity contribution in [3.05, 3.63) is 53.6 Å². The number of anilines is 1. The van der Waals surface area contributed by atoms with E-state index in [0.717, 1.165) is 12.3 Å². The zero-order chi connectivity index (χ0) is 20.9. The van der Waals surface area contributed by atoms with Crippen LogP contribution in [-0.4, -0.2) is 34.9 Å². The lowest BCUT2D eigenvalue weighted by Crippen LogP contribution is -2.23. The van der Waals surface area contributed by atoms with Gasteiger partial charge in [-0.1, -0.05) is 0 Å². The molecule has 9 heteroatoms. The van der Waals surface area contributed by atoms with E-state index in [1.165, 1.54) is 48.3 Å². The highest BCUT2D eigenvalue weighted by molar-refractivity contribution is 7.90. The van der Waals surface area contributed by atoms with E-state index in [1.807, 2.05) is 0 Å². The third-order valence-electron chi connectivity index (χ3n) is 4.00. The molecule has 0 saturated carbocycles. The maximum atomic E-state index is 13.2. The van der Waals surface area contributed by atoms with Gasteiger partial charge in [0.1, 0.15) is 5.75 Å². The van der Waals surface area contributed by atoms with Crippen LogP contribution in [0.3, 0.4) is 0 Å². The zero-order valence-electron chi connectivity index (χ0n) is 15.3. The van der Waals surface area contributed by atoms with Gasteiger partial charge >= 0.3 is 6.18 Å². The Labute approximate surface area is 161 Å². The molecule has 0 heterocycles. The molecule has 0 aliphatic rings. The van der Waals surface area contributed by atoms with Crippen LogP contribution in [0, 0.1) is 11.3 Å². The van der Waals surface area contributed by atoms with Gasteiger partial charge in [0.25, 0.3) is 0 Å². The van der Waals surface area contributed by atoms with Crippen LogP contribution in [0.1, 0.15) is 17.5 Å². The van der Waals surface area contributed by atoms with Crippen LogP contribution >= 0.6 is 0 Å². The fourth-order valence-corrected chi connectivity index (χ4v) is 3.19. The molecule has 2 rings (SSSR count). The van der Waals surface area contributed by atoms with Gasteiger partial charge in [-0.25, -0.2) is 8.42 Å². The molecular formula is C19H19F3N2O3S. The van der Waals surface area contributed by atoms with Gasteiger partial charge in [-0.05, 0) is 48.9 Å². The molecule has 2 aromatic rings. The topological polar surface area (TPSA) is 70.4 Å². The van der Waals surface area contributed by atoms with Crippen LogP contribution in [-0.2, 0) is 16.0 Å². The lowest BCUT2D eigenvalue weighted by Gasteiger charge is -2.23. The van der Waals surface area contributed by atoms with Crippen molar-refractivity contribution in [1.29, 1.82) is 5.26 Å². The minimum Gasteiger partial charge on any atom is -0.494 e. The second-order valence-electron chi connectivity index (χ2n) is 6.21. The Morgan fingerprint density at radius 3 is 2.32 bits per heavy atom. The first kappa shape index (κ1) is 21.6. The first-order valence-electron chi connectivity index (χ1n) is 8.28. The summed E-state index contributed by atoms with van der Waals surface area (Å²) in [7, 11) is -1.74. The molecule has 2 aromatic carbocycles. The summed E-state index contributed by atoms with van der Waals surface area (Å²) >= 11 is 0. The second kappa shape index (κ2) is 8.52. The number of benzene rings is 2. The first-order chi connectivity index (χ1) is 13.0. The van der Waals surface area contributed by atoms with Crippen LogP contribution in [0.5, 0.6) is 5.75 Å². The van der Waals surface area contributed by atoms with Crippen molar-refractivity contribution in [3.63, 3.8) is 0 Å². The molecule has 5 nitrogen and oxygen atoms in total. The van der Waals surface area contributed by atoms with E-state index in [1.54, 1.807) is 6.07 Å². The van der Waals surface area contributed by atoms with Gasteiger partial charge < -0.3 is 9.64 Å². The molecule has 0 unspecified atom stereocenters. The molecule has 0 aromatic heterocycles. The maximum Gasteiger partial charge on any atom is 0.418 e. The number of hydrogen-bond donors (Lipinski definition) is 0. The van der Waals surface area contributed by atoms with Gasteiger partial charge in [-0.3, -0.25) is 0 Å². The summed E-state index contributed by atoms with van der Waals surface area (Å²) < 4.78 is 68.1. The molecule has 0 radical (unpaired) electrons.